The van der Waals surface area contributed by atoms with E-state index in [0.717, 1.165) is 12.8 Å². The van der Waals surface area contributed by atoms with Crippen LogP contribution >= 0.6 is 0 Å². The number of amides is 2. The highest BCUT2D eigenvalue weighted by Gasteiger charge is 2.32. The molecule has 29 heavy (non-hydrogen) atoms. The Kier molecular flexibility index (Phi) is 6.15. The number of aromatic nitrogens is 2. The highest BCUT2D eigenvalue weighted by atomic mass is 16.6. The summed E-state index contributed by atoms with van der Waals surface area (Å²) in [5.41, 5.74) is 0.701. The molecular weight excluding hydrogens is 368 g/mol. The molecule has 0 spiro atoms. The monoisotopic (exact) mass is 396 g/mol. The van der Waals surface area contributed by atoms with Gasteiger partial charge in [-0.1, -0.05) is 18.2 Å². The fourth-order valence-corrected chi connectivity index (χ4v) is 3.44. The molecule has 7 nitrogen and oxygen atoms in total. The fraction of sp³-hybridized carbons (Fsp3) is 0.455. The molecule has 7 heteroatoms. The number of likely N-dealkylation sites (tertiary alicyclic amines) is 1. The van der Waals surface area contributed by atoms with E-state index in [2.05, 4.69) is 15.3 Å². The molecular formula is C22H28N4O3. The number of alkyl carbamates (subject to hydrolysis) is 1. The van der Waals surface area contributed by atoms with Crippen LogP contribution < -0.4 is 5.32 Å². The smallest absolute Gasteiger partial charge is 0.407 e. The zero-order valence-electron chi connectivity index (χ0n) is 17.4. The van der Waals surface area contributed by atoms with Crippen LogP contribution in [0.4, 0.5) is 4.79 Å². The first-order valence-corrected chi connectivity index (χ1v) is 9.91. The van der Waals surface area contributed by atoms with Crippen molar-refractivity contribution in [2.75, 3.05) is 6.54 Å². The van der Waals surface area contributed by atoms with Crippen molar-refractivity contribution >= 4 is 12.0 Å². The maximum atomic E-state index is 13.4. The largest absolute Gasteiger partial charge is 0.444 e. The van der Waals surface area contributed by atoms with Gasteiger partial charge in [0.05, 0.1) is 5.56 Å². The van der Waals surface area contributed by atoms with Gasteiger partial charge in [-0.3, -0.25) is 4.79 Å². The lowest BCUT2D eigenvalue weighted by atomic mass is 9.97. The number of nitrogens with zero attached hydrogens (tertiary/aromatic N) is 3. The third-order valence-electron chi connectivity index (χ3n) is 4.83. The first-order chi connectivity index (χ1) is 13.7. The van der Waals surface area contributed by atoms with E-state index in [1.165, 1.54) is 0 Å². The Morgan fingerprint density at radius 1 is 1.10 bits per heavy atom. The minimum Gasteiger partial charge on any atom is -0.444 e. The summed E-state index contributed by atoms with van der Waals surface area (Å²) in [5, 5.41) is 2.90. The Morgan fingerprint density at radius 3 is 2.48 bits per heavy atom. The quantitative estimate of drug-likeness (QED) is 0.856. The van der Waals surface area contributed by atoms with Crippen LogP contribution in [0, 0.1) is 0 Å². The van der Waals surface area contributed by atoms with Crippen LogP contribution in [0.25, 0.3) is 11.4 Å². The van der Waals surface area contributed by atoms with Crippen LogP contribution in [-0.2, 0) is 4.74 Å². The third kappa shape index (κ3) is 5.31. The van der Waals surface area contributed by atoms with Gasteiger partial charge in [-0.25, -0.2) is 14.8 Å². The van der Waals surface area contributed by atoms with Gasteiger partial charge in [-0.15, -0.1) is 0 Å². The molecule has 0 aliphatic carbocycles. The molecule has 154 valence electrons. The molecule has 3 rings (SSSR count). The third-order valence-corrected chi connectivity index (χ3v) is 4.83. The van der Waals surface area contributed by atoms with Gasteiger partial charge < -0.3 is 15.0 Å². The zero-order valence-corrected chi connectivity index (χ0v) is 17.4. The van der Waals surface area contributed by atoms with Gasteiger partial charge in [0.15, 0.2) is 5.82 Å². The Morgan fingerprint density at radius 2 is 1.79 bits per heavy atom. The summed E-state index contributed by atoms with van der Waals surface area (Å²) < 4.78 is 5.35. The van der Waals surface area contributed by atoms with Crippen molar-refractivity contribution in [3.05, 3.63) is 48.3 Å². The normalized spacial score (nSPS) is 19.5. The fourth-order valence-electron chi connectivity index (χ4n) is 3.44. The summed E-state index contributed by atoms with van der Waals surface area (Å²) in [7, 11) is 0. The molecule has 1 N–H and O–H groups in total. The number of benzene rings is 1. The first-order valence-electron chi connectivity index (χ1n) is 9.91. The van der Waals surface area contributed by atoms with Crippen LogP contribution in [0.2, 0.25) is 0 Å². The second-order valence-corrected chi connectivity index (χ2v) is 8.35. The summed E-state index contributed by atoms with van der Waals surface area (Å²) in [5.74, 6) is 0.431. The van der Waals surface area contributed by atoms with Crippen molar-refractivity contribution in [1.82, 2.24) is 20.2 Å². The summed E-state index contributed by atoms with van der Waals surface area (Å²) >= 11 is 0. The number of rotatable bonds is 3. The number of hydrogen-bond acceptors (Lipinski definition) is 5. The number of hydrogen-bond donors (Lipinski definition) is 1. The Labute approximate surface area is 171 Å². The Bertz CT molecular complexity index is 864. The molecule has 0 saturated carbocycles. The molecule has 0 bridgehead atoms. The standard InChI is InChI=1S/C22H28N4O3/c1-15-10-11-16(25-21(28)29-22(2,3)4)14-26(15)20(27)18-9-6-5-8-17(18)19-23-12-7-13-24-19/h5-9,12-13,15-16H,10-11,14H2,1-4H3,(H,25,28)/t15-,16-/m1/s1. The molecule has 2 amide bonds. The highest BCUT2D eigenvalue weighted by molar-refractivity contribution is 6.00. The molecule has 0 unspecified atom stereocenters. The van der Waals surface area contributed by atoms with Gasteiger partial charge in [0.25, 0.3) is 5.91 Å². The lowest BCUT2D eigenvalue weighted by Crippen LogP contribution is -2.53. The minimum absolute atomic E-state index is 0.0731. The van der Waals surface area contributed by atoms with Crippen molar-refractivity contribution in [3.63, 3.8) is 0 Å². The van der Waals surface area contributed by atoms with Crippen LogP contribution in [0.3, 0.4) is 0 Å². The van der Waals surface area contributed by atoms with Gasteiger partial charge in [-0.05, 0) is 52.7 Å². The SMILES string of the molecule is C[C@@H]1CC[C@@H](NC(=O)OC(C)(C)C)CN1C(=O)c1ccccc1-c1ncccn1. The molecule has 0 radical (unpaired) electrons. The second kappa shape index (κ2) is 8.59. The summed E-state index contributed by atoms with van der Waals surface area (Å²) in [6.07, 6.45) is 4.47. The van der Waals surface area contributed by atoms with E-state index in [0.29, 0.717) is 23.5 Å². The Balaban J connectivity index is 1.77. The van der Waals surface area contributed by atoms with Crippen molar-refractivity contribution in [2.24, 2.45) is 0 Å². The summed E-state index contributed by atoms with van der Waals surface area (Å²) in [4.78, 5) is 35.9. The zero-order chi connectivity index (χ0) is 21.0. The first kappa shape index (κ1) is 20.8. The molecule has 2 heterocycles. The predicted molar refractivity (Wildman–Crippen MR) is 110 cm³/mol. The van der Waals surface area contributed by atoms with Crippen molar-refractivity contribution in [3.8, 4) is 11.4 Å². The van der Waals surface area contributed by atoms with E-state index in [1.54, 1.807) is 24.5 Å². The lowest BCUT2D eigenvalue weighted by Gasteiger charge is -2.38. The highest BCUT2D eigenvalue weighted by Crippen LogP contribution is 2.25. The van der Waals surface area contributed by atoms with E-state index >= 15 is 0 Å². The van der Waals surface area contributed by atoms with E-state index in [9.17, 15) is 9.59 Å². The number of ether oxygens (including phenoxy) is 1. The van der Waals surface area contributed by atoms with Gasteiger partial charge >= 0.3 is 6.09 Å². The number of carbonyl (C=O) groups is 2. The number of carbonyl (C=O) groups excluding carboxylic acids is 2. The molecule has 1 saturated heterocycles. The van der Waals surface area contributed by atoms with Gasteiger partial charge in [-0.2, -0.15) is 0 Å². The average Bonchev–Trinajstić information content (AvgIpc) is 2.68. The molecule has 1 fully saturated rings. The number of piperidine rings is 1. The van der Waals surface area contributed by atoms with Gasteiger partial charge in [0.1, 0.15) is 5.60 Å². The van der Waals surface area contributed by atoms with E-state index in [1.807, 2.05) is 50.8 Å². The molecule has 2 aromatic rings. The summed E-state index contributed by atoms with van der Waals surface area (Å²) in [6.45, 7) is 7.95. The molecule has 2 atom stereocenters. The van der Waals surface area contributed by atoms with Crippen LogP contribution in [0.1, 0.15) is 50.9 Å². The predicted octanol–water partition coefficient (Wildman–Crippen LogP) is 3.66. The van der Waals surface area contributed by atoms with Crippen molar-refractivity contribution in [2.45, 2.75) is 58.2 Å². The van der Waals surface area contributed by atoms with Crippen LogP contribution in [-0.4, -0.2) is 51.1 Å². The van der Waals surface area contributed by atoms with E-state index in [4.69, 9.17) is 4.74 Å². The van der Waals surface area contributed by atoms with Crippen LogP contribution in [0.15, 0.2) is 42.7 Å². The lowest BCUT2D eigenvalue weighted by molar-refractivity contribution is 0.0412. The van der Waals surface area contributed by atoms with E-state index < -0.39 is 11.7 Å². The molecule has 1 aliphatic rings. The molecule has 1 aliphatic heterocycles. The number of nitrogens with one attached hydrogen (secondary N) is 1. The maximum absolute atomic E-state index is 13.4. The second-order valence-electron chi connectivity index (χ2n) is 8.35. The topological polar surface area (TPSA) is 84.4 Å². The van der Waals surface area contributed by atoms with Gasteiger partial charge in [0, 0.05) is 36.6 Å². The molecule has 1 aromatic carbocycles. The molecule has 1 aromatic heterocycles. The van der Waals surface area contributed by atoms with E-state index in [-0.39, 0.29) is 18.0 Å². The van der Waals surface area contributed by atoms with Crippen molar-refractivity contribution in [1.29, 1.82) is 0 Å². The van der Waals surface area contributed by atoms with Crippen LogP contribution in [0.5, 0.6) is 0 Å². The Hall–Kier alpha value is -2.96. The maximum Gasteiger partial charge on any atom is 0.407 e. The minimum atomic E-state index is -0.559. The average molecular weight is 396 g/mol. The van der Waals surface area contributed by atoms with Crippen molar-refractivity contribution < 1.29 is 14.3 Å². The van der Waals surface area contributed by atoms with Gasteiger partial charge in [0.2, 0.25) is 0 Å². The summed E-state index contributed by atoms with van der Waals surface area (Å²) in [6, 6.07) is 9.03.